The number of nitrogens with two attached hydrogens (primary N) is 1. The zero-order valence-corrected chi connectivity index (χ0v) is 13.8. The standard InChI is InChI=1S/C16H17BrClNO/c1-10-3-5-13(17)8-15(10)20-16-9-14(18)6-4-12(16)7-11(2)19/h3-6,8-9,11H,7,19H2,1-2H3. The number of hydrogen-bond acceptors (Lipinski definition) is 2. The number of hydrogen-bond donors (Lipinski definition) is 1. The van der Waals surface area contributed by atoms with E-state index in [4.69, 9.17) is 22.1 Å². The highest BCUT2D eigenvalue weighted by atomic mass is 79.9. The third-order valence-corrected chi connectivity index (χ3v) is 3.67. The van der Waals surface area contributed by atoms with Crippen molar-refractivity contribution in [3.05, 3.63) is 57.0 Å². The molecule has 0 aliphatic carbocycles. The maximum Gasteiger partial charge on any atom is 0.132 e. The van der Waals surface area contributed by atoms with E-state index in [1.54, 1.807) is 0 Å². The van der Waals surface area contributed by atoms with Gasteiger partial charge in [0, 0.05) is 15.5 Å². The fourth-order valence-corrected chi connectivity index (χ4v) is 2.44. The van der Waals surface area contributed by atoms with Gasteiger partial charge in [-0.05, 0) is 55.7 Å². The normalized spacial score (nSPS) is 12.2. The van der Waals surface area contributed by atoms with Gasteiger partial charge in [0.15, 0.2) is 0 Å². The van der Waals surface area contributed by atoms with Crippen molar-refractivity contribution in [3.63, 3.8) is 0 Å². The van der Waals surface area contributed by atoms with Crippen molar-refractivity contribution in [2.75, 3.05) is 0 Å². The molecule has 0 aliphatic rings. The molecule has 2 aromatic rings. The van der Waals surface area contributed by atoms with Gasteiger partial charge >= 0.3 is 0 Å². The predicted molar refractivity (Wildman–Crippen MR) is 87.8 cm³/mol. The molecule has 0 heterocycles. The Hall–Kier alpha value is -1.03. The van der Waals surface area contributed by atoms with Gasteiger partial charge in [-0.2, -0.15) is 0 Å². The number of rotatable bonds is 4. The van der Waals surface area contributed by atoms with Crippen LogP contribution in [0.3, 0.4) is 0 Å². The van der Waals surface area contributed by atoms with Crippen LogP contribution in [0, 0.1) is 6.92 Å². The van der Waals surface area contributed by atoms with Crippen LogP contribution in [0.5, 0.6) is 11.5 Å². The number of ether oxygens (including phenoxy) is 1. The van der Waals surface area contributed by atoms with Crippen molar-refractivity contribution >= 4 is 27.5 Å². The smallest absolute Gasteiger partial charge is 0.132 e. The third-order valence-electron chi connectivity index (χ3n) is 2.94. The van der Waals surface area contributed by atoms with Gasteiger partial charge in [-0.3, -0.25) is 0 Å². The molecule has 106 valence electrons. The Labute approximate surface area is 133 Å². The molecule has 1 atom stereocenters. The van der Waals surface area contributed by atoms with E-state index >= 15 is 0 Å². The average Bonchev–Trinajstić information content (AvgIpc) is 2.37. The van der Waals surface area contributed by atoms with Crippen LogP contribution in [0.1, 0.15) is 18.1 Å². The highest BCUT2D eigenvalue weighted by Crippen LogP contribution is 2.32. The van der Waals surface area contributed by atoms with E-state index in [0.29, 0.717) is 5.02 Å². The molecular weight excluding hydrogens is 338 g/mol. The predicted octanol–water partition coefficient (Wildman–Crippen LogP) is 5.09. The SMILES string of the molecule is Cc1ccc(Br)cc1Oc1cc(Cl)ccc1CC(C)N. The Morgan fingerprint density at radius 3 is 2.65 bits per heavy atom. The van der Waals surface area contributed by atoms with Crippen molar-refractivity contribution < 1.29 is 4.74 Å². The lowest BCUT2D eigenvalue weighted by atomic mass is 10.1. The van der Waals surface area contributed by atoms with Crippen molar-refractivity contribution in [2.45, 2.75) is 26.3 Å². The summed E-state index contributed by atoms with van der Waals surface area (Å²) >= 11 is 9.53. The lowest BCUT2D eigenvalue weighted by Crippen LogP contribution is -2.18. The molecule has 0 saturated carbocycles. The van der Waals surface area contributed by atoms with Crippen LogP contribution in [-0.2, 0) is 6.42 Å². The Balaban J connectivity index is 2.36. The summed E-state index contributed by atoms with van der Waals surface area (Å²) < 4.78 is 7.01. The summed E-state index contributed by atoms with van der Waals surface area (Å²) in [6, 6.07) is 11.7. The van der Waals surface area contributed by atoms with Crippen LogP contribution in [-0.4, -0.2) is 6.04 Å². The first-order valence-electron chi connectivity index (χ1n) is 6.43. The van der Waals surface area contributed by atoms with Crippen LogP contribution in [0.25, 0.3) is 0 Å². The first-order valence-corrected chi connectivity index (χ1v) is 7.61. The van der Waals surface area contributed by atoms with Crippen molar-refractivity contribution in [2.24, 2.45) is 5.73 Å². The molecule has 0 fully saturated rings. The minimum Gasteiger partial charge on any atom is -0.457 e. The summed E-state index contributed by atoms with van der Waals surface area (Å²) in [5.41, 5.74) is 8.01. The first-order chi connectivity index (χ1) is 9.45. The molecule has 2 aromatic carbocycles. The first kappa shape index (κ1) is 15.4. The molecule has 0 saturated heterocycles. The molecule has 0 aromatic heterocycles. The molecule has 4 heteroatoms. The van der Waals surface area contributed by atoms with Gasteiger partial charge in [-0.25, -0.2) is 0 Å². The summed E-state index contributed by atoms with van der Waals surface area (Å²) in [5.74, 6) is 1.57. The minimum absolute atomic E-state index is 0.0714. The topological polar surface area (TPSA) is 35.2 Å². The molecule has 0 amide bonds. The van der Waals surface area contributed by atoms with Gasteiger partial charge in [0.25, 0.3) is 0 Å². The molecule has 2 nitrogen and oxygen atoms in total. The lowest BCUT2D eigenvalue weighted by molar-refractivity contribution is 0.470. The van der Waals surface area contributed by atoms with Crippen molar-refractivity contribution in [3.8, 4) is 11.5 Å². The molecule has 2 rings (SSSR count). The maximum absolute atomic E-state index is 6.07. The molecule has 0 aliphatic heterocycles. The lowest BCUT2D eigenvalue weighted by Gasteiger charge is -2.15. The molecule has 2 N–H and O–H groups in total. The minimum atomic E-state index is 0.0714. The number of halogens is 2. The van der Waals surface area contributed by atoms with Crippen molar-refractivity contribution in [1.82, 2.24) is 0 Å². The highest BCUT2D eigenvalue weighted by Gasteiger charge is 2.10. The fraction of sp³-hybridized carbons (Fsp3) is 0.250. The second-order valence-electron chi connectivity index (χ2n) is 4.95. The van der Waals surface area contributed by atoms with Crippen LogP contribution in [0.2, 0.25) is 5.02 Å². The van der Waals surface area contributed by atoms with Crippen LogP contribution in [0.4, 0.5) is 0 Å². The molecular formula is C16H17BrClNO. The maximum atomic E-state index is 6.07. The summed E-state index contributed by atoms with van der Waals surface area (Å²) in [4.78, 5) is 0. The molecule has 0 spiro atoms. The van der Waals surface area contributed by atoms with E-state index in [2.05, 4.69) is 15.9 Å². The van der Waals surface area contributed by atoms with Crippen LogP contribution in [0.15, 0.2) is 40.9 Å². The van der Waals surface area contributed by atoms with E-state index in [1.165, 1.54) is 0 Å². The number of aryl methyl sites for hydroxylation is 1. The molecule has 1 unspecified atom stereocenters. The van der Waals surface area contributed by atoms with E-state index in [9.17, 15) is 0 Å². The summed E-state index contributed by atoms with van der Waals surface area (Å²) in [7, 11) is 0. The number of benzene rings is 2. The summed E-state index contributed by atoms with van der Waals surface area (Å²) in [6.07, 6.45) is 0.750. The van der Waals surface area contributed by atoms with Gasteiger partial charge in [0.05, 0.1) is 0 Å². The fourth-order valence-electron chi connectivity index (χ4n) is 1.94. The second-order valence-corrected chi connectivity index (χ2v) is 6.30. The molecule has 20 heavy (non-hydrogen) atoms. The van der Waals surface area contributed by atoms with Gasteiger partial charge in [0.1, 0.15) is 11.5 Å². The molecule has 0 radical (unpaired) electrons. The molecule has 0 bridgehead atoms. The Morgan fingerprint density at radius 1 is 1.20 bits per heavy atom. The third kappa shape index (κ3) is 3.98. The van der Waals surface area contributed by atoms with E-state index in [-0.39, 0.29) is 6.04 Å². The Bertz CT molecular complexity index is 613. The second kappa shape index (κ2) is 6.61. The average molecular weight is 355 g/mol. The van der Waals surface area contributed by atoms with Gasteiger partial charge < -0.3 is 10.5 Å². The highest BCUT2D eigenvalue weighted by molar-refractivity contribution is 9.10. The van der Waals surface area contributed by atoms with Crippen LogP contribution < -0.4 is 10.5 Å². The van der Waals surface area contributed by atoms with Crippen molar-refractivity contribution in [1.29, 1.82) is 0 Å². The Morgan fingerprint density at radius 2 is 1.95 bits per heavy atom. The summed E-state index contributed by atoms with van der Waals surface area (Å²) in [5, 5.41) is 0.654. The van der Waals surface area contributed by atoms with Gasteiger partial charge in [-0.15, -0.1) is 0 Å². The van der Waals surface area contributed by atoms with Crippen LogP contribution >= 0.6 is 27.5 Å². The monoisotopic (exact) mass is 353 g/mol. The largest absolute Gasteiger partial charge is 0.457 e. The zero-order chi connectivity index (χ0) is 14.7. The van der Waals surface area contributed by atoms with E-state index in [1.807, 2.05) is 50.2 Å². The van der Waals surface area contributed by atoms with E-state index in [0.717, 1.165) is 33.5 Å². The Kier molecular flexibility index (Phi) is 5.08. The zero-order valence-electron chi connectivity index (χ0n) is 11.5. The quantitative estimate of drug-likeness (QED) is 0.829. The summed E-state index contributed by atoms with van der Waals surface area (Å²) in [6.45, 7) is 3.99. The van der Waals surface area contributed by atoms with E-state index < -0.39 is 0 Å². The van der Waals surface area contributed by atoms with Gasteiger partial charge in [-0.1, -0.05) is 39.7 Å². The van der Waals surface area contributed by atoms with Gasteiger partial charge in [0.2, 0.25) is 0 Å².